The number of hydrogen-bond donors (Lipinski definition) is 3. The Labute approximate surface area is 116 Å². The standard InChI is InChI=1S/C12H16N2O5S/c1-12(2,20(3,18)19)11(17)14-9-5-4-7(10(15)16)6-8(9)13/h4-6H,13H2,1-3H3,(H,14,17)(H,15,16). The van der Waals surface area contributed by atoms with Gasteiger partial charge in [-0.25, -0.2) is 13.2 Å². The Bertz CT molecular complexity index is 664. The predicted molar refractivity (Wildman–Crippen MR) is 75.4 cm³/mol. The number of amides is 1. The summed E-state index contributed by atoms with van der Waals surface area (Å²) in [5.41, 5.74) is 5.81. The minimum absolute atomic E-state index is 0.0251. The summed E-state index contributed by atoms with van der Waals surface area (Å²) < 4.78 is 21.5. The maximum absolute atomic E-state index is 12.0. The van der Waals surface area contributed by atoms with Gasteiger partial charge in [-0.1, -0.05) is 0 Å². The number of nitrogens with two attached hydrogens (primary N) is 1. The second-order valence-corrected chi connectivity index (χ2v) is 7.41. The Kier molecular flexibility index (Phi) is 4.09. The lowest BCUT2D eigenvalue weighted by molar-refractivity contribution is -0.117. The number of benzene rings is 1. The molecular formula is C12H16N2O5S. The van der Waals surface area contributed by atoms with Crippen molar-refractivity contribution in [3.63, 3.8) is 0 Å². The highest BCUT2D eigenvalue weighted by Crippen LogP contribution is 2.23. The maximum atomic E-state index is 12.0. The molecule has 1 aromatic rings. The molecule has 0 aromatic heterocycles. The van der Waals surface area contributed by atoms with Crippen LogP contribution in [-0.2, 0) is 14.6 Å². The summed E-state index contributed by atoms with van der Waals surface area (Å²) in [5, 5.41) is 11.2. The molecule has 1 amide bonds. The molecule has 0 bridgehead atoms. The first kappa shape index (κ1) is 16.0. The lowest BCUT2D eigenvalue weighted by Crippen LogP contribution is -2.43. The first-order valence-corrected chi connectivity index (χ1v) is 7.50. The van der Waals surface area contributed by atoms with Crippen molar-refractivity contribution >= 4 is 33.1 Å². The van der Waals surface area contributed by atoms with E-state index in [2.05, 4.69) is 5.32 Å². The van der Waals surface area contributed by atoms with E-state index in [-0.39, 0.29) is 16.9 Å². The summed E-state index contributed by atoms with van der Waals surface area (Å²) in [4.78, 5) is 22.7. The van der Waals surface area contributed by atoms with Crippen LogP contribution in [0.15, 0.2) is 18.2 Å². The number of hydrogen-bond acceptors (Lipinski definition) is 5. The van der Waals surface area contributed by atoms with Gasteiger partial charge in [-0.2, -0.15) is 0 Å². The molecule has 1 rings (SSSR count). The van der Waals surface area contributed by atoms with Crippen LogP contribution in [0.25, 0.3) is 0 Å². The largest absolute Gasteiger partial charge is 0.478 e. The van der Waals surface area contributed by atoms with Crippen molar-refractivity contribution in [3.05, 3.63) is 23.8 Å². The average Bonchev–Trinajstić information content (AvgIpc) is 2.29. The first-order valence-electron chi connectivity index (χ1n) is 5.60. The number of carboxylic acid groups (broad SMARTS) is 1. The zero-order chi connectivity index (χ0) is 15.7. The van der Waals surface area contributed by atoms with Crippen molar-refractivity contribution in [2.45, 2.75) is 18.6 Å². The first-order chi connectivity index (χ1) is 8.96. The highest BCUT2D eigenvalue weighted by Gasteiger charge is 2.38. The van der Waals surface area contributed by atoms with E-state index in [1.165, 1.54) is 32.0 Å². The molecule has 7 nitrogen and oxygen atoms in total. The van der Waals surface area contributed by atoms with Gasteiger partial charge < -0.3 is 16.2 Å². The number of carboxylic acids is 1. The minimum atomic E-state index is -3.60. The molecule has 0 spiro atoms. The van der Waals surface area contributed by atoms with Crippen LogP contribution >= 0.6 is 0 Å². The van der Waals surface area contributed by atoms with Gasteiger partial charge in [0.05, 0.1) is 16.9 Å². The summed E-state index contributed by atoms with van der Waals surface area (Å²) in [7, 11) is -3.60. The fraction of sp³-hybridized carbons (Fsp3) is 0.333. The SMILES string of the molecule is CC(C)(C(=O)Nc1ccc(C(=O)O)cc1N)S(C)(=O)=O. The Morgan fingerprint density at radius 2 is 1.85 bits per heavy atom. The molecule has 0 aliphatic rings. The zero-order valence-corrected chi connectivity index (χ0v) is 12.1. The Morgan fingerprint density at radius 1 is 1.30 bits per heavy atom. The molecular weight excluding hydrogens is 284 g/mol. The lowest BCUT2D eigenvalue weighted by Gasteiger charge is -2.22. The number of aromatic carboxylic acids is 1. The molecule has 0 aliphatic heterocycles. The molecule has 4 N–H and O–H groups in total. The van der Waals surface area contributed by atoms with Gasteiger partial charge in [0.1, 0.15) is 4.75 Å². The smallest absolute Gasteiger partial charge is 0.335 e. The summed E-state index contributed by atoms with van der Waals surface area (Å²) in [6.45, 7) is 2.55. The summed E-state index contributed by atoms with van der Waals surface area (Å²) >= 11 is 0. The number of nitrogen functional groups attached to an aromatic ring is 1. The van der Waals surface area contributed by atoms with Crippen molar-refractivity contribution in [1.82, 2.24) is 0 Å². The fourth-order valence-electron chi connectivity index (χ4n) is 1.25. The number of nitrogens with one attached hydrogen (secondary N) is 1. The molecule has 1 aromatic carbocycles. The molecule has 20 heavy (non-hydrogen) atoms. The van der Waals surface area contributed by atoms with Gasteiger partial charge in [-0.05, 0) is 32.0 Å². The molecule has 0 saturated carbocycles. The van der Waals surface area contributed by atoms with Crippen LogP contribution in [0.5, 0.6) is 0 Å². The molecule has 8 heteroatoms. The summed E-state index contributed by atoms with van der Waals surface area (Å²) in [6.07, 6.45) is 0.962. The normalized spacial score (nSPS) is 11.9. The van der Waals surface area contributed by atoms with Crippen molar-refractivity contribution in [2.75, 3.05) is 17.3 Å². The van der Waals surface area contributed by atoms with E-state index < -0.39 is 26.5 Å². The van der Waals surface area contributed by atoms with Crippen molar-refractivity contribution in [3.8, 4) is 0 Å². The number of carbonyl (C=O) groups excluding carboxylic acids is 1. The predicted octanol–water partition coefficient (Wildman–Crippen LogP) is 0.729. The van der Waals surface area contributed by atoms with Gasteiger partial charge in [0.25, 0.3) is 0 Å². The van der Waals surface area contributed by atoms with Crippen molar-refractivity contribution in [1.29, 1.82) is 0 Å². The van der Waals surface area contributed by atoms with Gasteiger partial charge in [0.2, 0.25) is 5.91 Å². The van der Waals surface area contributed by atoms with Gasteiger partial charge in [0.15, 0.2) is 9.84 Å². The monoisotopic (exact) mass is 300 g/mol. The summed E-state index contributed by atoms with van der Waals surface area (Å²) in [6, 6.07) is 3.77. The quantitative estimate of drug-likeness (QED) is 0.703. The second kappa shape index (κ2) is 5.12. The molecule has 0 radical (unpaired) electrons. The highest BCUT2D eigenvalue weighted by atomic mass is 32.2. The van der Waals surface area contributed by atoms with E-state index in [0.717, 1.165) is 6.26 Å². The Balaban J connectivity index is 3.06. The van der Waals surface area contributed by atoms with E-state index in [1.807, 2.05) is 0 Å². The topological polar surface area (TPSA) is 127 Å². The molecule has 0 fully saturated rings. The summed E-state index contributed by atoms with van der Waals surface area (Å²) in [5.74, 6) is -1.89. The molecule has 0 unspecified atom stereocenters. The van der Waals surface area contributed by atoms with Crippen LogP contribution in [0.4, 0.5) is 11.4 Å². The number of carbonyl (C=O) groups is 2. The molecule has 0 atom stereocenters. The second-order valence-electron chi connectivity index (χ2n) is 4.84. The van der Waals surface area contributed by atoms with Crippen LogP contribution in [0.2, 0.25) is 0 Å². The van der Waals surface area contributed by atoms with E-state index in [1.54, 1.807) is 0 Å². The number of sulfone groups is 1. The zero-order valence-electron chi connectivity index (χ0n) is 11.3. The van der Waals surface area contributed by atoms with Crippen molar-refractivity contribution in [2.24, 2.45) is 0 Å². The van der Waals surface area contributed by atoms with E-state index in [0.29, 0.717) is 0 Å². The third kappa shape index (κ3) is 3.08. The van der Waals surface area contributed by atoms with Gasteiger partial charge in [0, 0.05) is 6.26 Å². The Hall–Kier alpha value is -2.09. The molecule has 0 saturated heterocycles. The molecule has 0 aliphatic carbocycles. The van der Waals surface area contributed by atoms with Crippen LogP contribution in [0.3, 0.4) is 0 Å². The maximum Gasteiger partial charge on any atom is 0.335 e. The van der Waals surface area contributed by atoms with Crippen LogP contribution in [-0.4, -0.2) is 36.4 Å². The lowest BCUT2D eigenvalue weighted by atomic mass is 10.1. The minimum Gasteiger partial charge on any atom is -0.478 e. The van der Waals surface area contributed by atoms with Crippen LogP contribution in [0.1, 0.15) is 24.2 Å². The van der Waals surface area contributed by atoms with E-state index in [9.17, 15) is 18.0 Å². The number of rotatable bonds is 4. The Morgan fingerprint density at radius 3 is 2.25 bits per heavy atom. The third-order valence-electron chi connectivity index (χ3n) is 3.02. The van der Waals surface area contributed by atoms with Crippen LogP contribution < -0.4 is 11.1 Å². The van der Waals surface area contributed by atoms with Crippen molar-refractivity contribution < 1.29 is 23.1 Å². The fourth-order valence-corrected chi connectivity index (χ4v) is 1.64. The molecule has 0 heterocycles. The highest BCUT2D eigenvalue weighted by molar-refractivity contribution is 7.92. The van der Waals surface area contributed by atoms with Crippen LogP contribution in [0, 0.1) is 0 Å². The third-order valence-corrected chi connectivity index (χ3v) is 5.06. The average molecular weight is 300 g/mol. The van der Waals surface area contributed by atoms with Gasteiger partial charge >= 0.3 is 5.97 Å². The van der Waals surface area contributed by atoms with Gasteiger partial charge in [-0.3, -0.25) is 4.79 Å². The van der Waals surface area contributed by atoms with E-state index in [4.69, 9.17) is 10.8 Å². The van der Waals surface area contributed by atoms with Gasteiger partial charge in [-0.15, -0.1) is 0 Å². The van der Waals surface area contributed by atoms with E-state index >= 15 is 0 Å². The number of anilines is 2. The molecule has 110 valence electrons.